The molecule has 0 fully saturated rings. The maximum Gasteiger partial charge on any atom is 0.0584 e. The number of hydrogen-bond donors (Lipinski definition) is 0. The van der Waals surface area contributed by atoms with Gasteiger partial charge >= 0.3 is 0 Å². The van der Waals surface area contributed by atoms with E-state index >= 15 is 0 Å². The summed E-state index contributed by atoms with van der Waals surface area (Å²) in [5, 5.41) is 3.36. The molecule has 0 aromatic heterocycles. The molecular formula is C6H5N3. The zero-order chi connectivity index (χ0) is 6.53. The minimum atomic E-state index is 0.406. The summed E-state index contributed by atoms with van der Waals surface area (Å²) in [5.74, 6) is 0. The van der Waals surface area contributed by atoms with Gasteiger partial charge < -0.3 is 0 Å². The summed E-state index contributed by atoms with van der Waals surface area (Å²) in [6.07, 6.45) is 5.53. The number of azide groups is 1. The second-order valence-electron chi connectivity index (χ2n) is 1.58. The first-order valence-electron chi connectivity index (χ1n) is 2.56. The van der Waals surface area contributed by atoms with E-state index in [1.54, 1.807) is 6.08 Å². The Bertz CT molecular complexity index is 237. The van der Waals surface area contributed by atoms with Crippen LogP contribution in [0.5, 0.6) is 0 Å². The largest absolute Gasteiger partial charge is 0.117 e. The molecule has 44 valence electrons. The molecule has 3 heteroatoms. The predicted molar refractivity (Wildman–Crippen MR) is 34.7 cm³/mol. The lowest BCUT2D eigenvalue weighted by molar-refractivity contribution is 1.16. The van der Waals surface area contributed by atoms with E-state index in [0.29, 0.717) is 6.54 Å². The molecule has 1 aliphatic rings. The molecule has 3 nitrogen and oxygen atoms in total. The van der Waals surface area contributed by atoms with E-state index in [4.69, 9.17) is 5.53 Å². The minimum absolute atomic E-state index is 0.406. The zero-order valence-corrected chi connectivity index (χ0v) is 4.78. The number of hydrogen-bond acceptors (Lipinski definition) is 1. The average Bonchev–Trinajstić information content (AvgIpc) is 2.34. The van der Waals surface area contributed by atoms with Gasteiger partial charge in [0.1, 0.15) is 0 Å². The van der Waals surface area contributed by atoms with Crippen LogP contribution in [0.3, 0.4) is 0 Å². The van der Waals surface area contributed by atoms with Crippen molar-refractivity contribution in [3.63, 3.8) is 0 Å². The monoisotopic (exact) mass is 119 g/mol. The zero-order valence-electron chi connectivity index (χ0n) is 4.78. The molecule has 0 saturated carbocycles. The molecule has 0 aliphatic heterocycles. The van der Waals surface area contributed by atoms with Gasteiger partial charge in [0.15, 0.2) is 0 Å². The van der Waals surface area contributed by atoms with Crippen molar-refractivity contribution >= 4 is 0 Å². The highest BCUT2D eigenvalue weighted by Crippen LogP contribution is 2.00. The fraction of sp³-hybridized carbons (Fsp3) is 0.167. The number of rotatable bonds is 2. The third-order valence-corrected chi connectivity index (χ3v) is 0.967. The van der Waals surface area contributed by atoms with Crippen molar-refractivity contribution in [2.75, 3.05) is 6.54 Å². The number of allylic oxidation sites excluding steroid dienone is 1. The van der Waals surface area contributed by atoms with Gasteiger partial charge in [-0.3, -0.25) is 0 Å². The van der Waals surface area contributed by atoms with Gasteiger partial charge in [-0.2, -0.15) is 0 Å². The molecule has 0 bridgehead atoms. The fourth-order valence-electron chi connectivity index (χ4n) is 0.574. The van der Waals surface area contributed by atoms with E-state index in [0.717, 1.165) is 5.57 Å². The quantitative estimate of drug-likeness (QED) is 0.231. The van der Waals surface area contributed by atoms with E-state index < -0.39 is 0 Å². The van der Waals surface area contributed by atoms with Crippen molar-refractivity contribution in [1.29, 1.82) is 0 Å². The Morgan fingerprint density at radius 2 is 2.67 bits per heavy atom. The predicted octanol–water partition coefficient (Wildman–Crippen LogP) is 1.95. The summed E-state index contributed by atoms with van der Waals surface area (Å²) in [5.41, 5.74) is 11.8. The van der Waals surface area contributed by atoms with Crippen LogP contribution in [0.25, 0.3) is 10.4 Å². The van der Waals surface area contributed by atoms with Crippen LogP contribution in [0.1, 0.15) is 0 Å². The summed E-state index contributed by atoms with van der Waals surface area (Å²) in [4.78, 5) is 2.62. The molecule has 0 heterocycles. The van der Waals surface area contributed by atoms with Crippen LogP contribution in [0.2, 0.25) is 0 Å². The molecular weight excluding hydrogens is 114 g/mol. The van der Waals surface area contributed by atoms with Crippen molar-refractivity contribution in [3.05, 3.63) is 40.0 Å². The molecule has 0 aromatic carbocycles. The first kappa shape index (κ1) is 5.70. The van der Waals surface area contributed by atoms with Gasteiger partial charge in [0.25, 0.3) is 0 Å². The van der Waals surface area contributed by atoms with Crippen LogP contribution < -0.4 is 0 Å². The smallest absolute Gasteiger partial charge is 0.0584 e. The molecule has 0 atom stereocenters. The molecule has 1 aliphatic carbocycles. The van der Waals surface area contributed by atoms with Crippen LogP contribution in [0.4, 0.5) is 0 Å². The molecule has 0 radical (unpaired) electrons. The third kappa shape index (κ3) is 1.50. The van der Waals surface area contributed by atoms with Crippen LogP contribution in [0.15, 0.2) is 34.6 Å². The van der Waals surface area contributed by atoms with Gasteiger partial charge in [-0.15, -0.1) is 5.73 Å². The average molecular weight is 119 g/mol. The van der Waals surface area contributed by atoms with Gasteiger partial charge in [-0.1, -0.05) is 17.3 Å². The van der Waals surface area contributed by atoms with E-state index in [1.165, 1.54) is 0 Å². The Hall–Kier alpha value is -1.43. The Balaban J connectivity index is 2.56. The first-order chi connectivity index (χ1) is 4.43. The molecule has 1 rings (SSSR count). The van der Waals surface area contributed by atoms with Crippen LogP contribution >= 0.6 is 0 Å². The molecule has 0 unspecified atom stereocenters. The Morgan fingerprint density at radius 1 is 1.78 bits per heavy atom. The summed E-state index contributed by atoms with van der Waals surface area (Å²) in [6.45, 7) is 0.406. The fourth-order valence-corrected chi connectivity index (χ4v) is 0.574. The molecule has 0 aromatic rings. The second kappa shape index (κ2) is 2.78. The summed E-state index contributed by atoms with van der Waals surface area (Å²) < 4.78 is 0. The van der Waals surface area contributed by atoms with Crippen molar-refractivity contribution in [1.82, 2.24) is 0 Å². The first-order valence-corrected chi connectivity index (χ1v) is 2.56. The topological polar surface area (TPSA) is 48.8 Å². The third-order valence-electron chi connectivity index (χ3n) is 0.967. The Morgan fingerprint density at radius 3 is 3.22 bits per heavy atom. The summed E-state index contributed by atoms with van der Waals surface area (Å²) >= 11 is 0. The lowest BCUT2D eigenvalue weighted by Gasteiger charge is -1.82. The lowest BCUT2D eigenvalue weighted by Crippen LogP contribution is -1.76. The van der Waals surface area contributed by atoms with Crippen molar-refractivity contribution in [2.45, 2.75) is 0 Å². The Labute approximate surface area is 52.6 Å². The standard InChI is InChI=1S/C6H5N3/c7-9-8-5-6-3-1-2-4-6/h1-3H,5H2. The highest BCUT2D eigenvalue weighted by Gasteiger charge is 1.88. The lowest BCUT2D eigenvalue weighted by atomic mass is 10.3. The normalized spacial score (nSPS) is 13.1. The molecule has 0 N–H and O–H groups in total. The Kier molecular flexibility index (Phi) is 1.76. The van der Waals surface area contributed by atoms with E-state index in [-0.39, 0.29) is 0 Å². The van der Waals surface area contributed by atoms with E-state index in [2.05, 4.69) is 15.8 Å². The van der Waals surface area contributed by atoms with Gasteiger partial charge in [0, 0.05) is 4.91 Å². The van der Waals surface area contributed by atoms with Crippen molar-refractivity contribution in [2.24, 2.45) is 5.11 Å². The maximum atomic E-state index is 7.91. The second-order valence-corrected chi connectivity index (χ2v) is 1.58. The molecule has 0 spiro atoms. The van der Waals surface area contributed by atoms with Gasteiger partial charge in [-0.25, -0.2) is 0 Å². The summed E-state index contributed by atoms with van der Waals surface area (Å²) in [6, 6.07) is 0. The van der Waals surface area contributed by atoms with Crippen LogP contribution in [-0.4, -0.2) is 6.54 Å². The highest BCUT2D eigenvalue weighted by atomic mass is 15.1. The molecule has 9 heavy (non-hydrogen) atoms. The minimum Gasteiger partial charge on any atom is -0.117 e. The van der Waals surface area contributed by atoms with Crippen molar-refractivity contribution in [3.8, 4) is 0 Å². The maximum absolute atomic E-state index is 7.91. The van der Waals surface area contributed by atoms with Crippen LogP contribution in [0, 0.1) is 0 Å². The summed E-state index contributed by atoms with van der Waals surface area (Å²) in [7, 11) is 0. The van der Waals surface area contributed by atoms with Crippen molar-refractivity contribution < 1.29 is 0 Å². The molecule has 0 amide bonds. The highest BCUT2D eigenvalue weighted by molar-refractivity contribution is 5.29. The van der Waals surface area contributed by atoms with E-state index in [9.17, 15) is 0 Å². The van der Waals surface area contributed by atoms with E-state index in [1.807, 2.05) is 12.2 Å². The van der Waals surface area contributed by atoms with Gasteiger partial charge in [0.05, 0.1) is 6.54 Å². The van der Waals surface area contributed by atoms with Gasteiger partial charge in [-0.05, 0) is 17.2 Å². The SMILES string of the molecule is [N-]=[N+]=NCC1=C=CC=C1. The number of nitrogens with zero attached hydrogens (tertiary/aromatic N) is 3. The molecule has 0 saturated heterocycles. The van der Waals surface area contributed by atoms with Crippen LogP contribution in [-0.2, 0) is 0 Å². The van der Waals surface area contributed by atoms with Gasteiger partial charge in [0.2, 0.25) is 0 Å².